The van der Waals surface area contributed by atoms with Crippen LogP contribution in [0, 0.1) is 0 Å². The van der Waals surface area contributed by atoms with Gasteiger partial charge < -0.3 is 20.6 Å². The first-order chi connectivity index (χ1) is 15.0. The van der Waals surface area contributed by atoms with Crippen molar-refractivity contribution in [3.8, 4) is 0 Å². The topological polar surface area (TPSA) is 94.6 Å². The van der Waals surface area contributed by atoms with Crippen LogP contribution in [0.3, 0.4) is 0 Å². The minimum Gasteiger partial charge on any atom is -0.480 e. The summed E-state index contributed by atoms with van der Waals surface area (Å²) in [6, 6.07) is 3.65. The van der Waals surface area contributed by atoms with Gasteiger partial charge in [-0.15, -0.1) is 0 Å². The molecule has 31 heavy (non-hydrogen) atoms. The van der Waals surface area contributed by atoms with Crippen LogP contribution in [-0.4, -0.2) is 51.7 Å². The highest BCUT2D eigenvalue weighted by atomic mass is 16.4. The highest BCUT2D eigenvalue weighted by molar-refractivity contribution is 5.83. The largest absolute Gasteiger partial charge is 0.480 e. The molecule has 0 spiro atoms. The van der Waals surface area contributed by atoms with Crippen LogP contribution >= 0.6 is 0 Å². The summed E-state index contributed by atoms with van der Waals surface area (Å²) in [4.78, 5) is 30.6. The van der Waals surface area contributed by atoms with E-state index in [9.17, 15) is 14.7 Å². The number of carboxylic acids is 1. The first kappa shape index (κ1) is 23.4. The van der Waals surface area contributed by atoms with Crippen molar-refractivity contribution in [2.45, 2.75) is 103 Å². The summed E-state index contributed by atoms with van der Waals surface area (Å²) in [5.41, 5.74) is 2.47. The molecular formula is C24H38N4O3. The molecule has 1 unspecified atom stereocenters. The molecule has 1 aromatic heterocycles. The van der Waals surface area contributed by atoms with E-state index in [1.54, 1.807) is 4.90 Å². The molecule has 0 bridgehead atoms. The fraction of sp³-hybridized carbons (Fsp3) is 0.708. The molecule has 3 atom stereocenters. The molecule has 0 radical (unpaired) electrons. The number of unbranched alkanes of at least 4 members (excludes halogenated alkanes) is 4. The number of amides is 2. The van der Waals surface area contributed by atoms with Crippen LogP contribution in [0.1, 0.15) is 82.9 Å². The van der Waals surface area contributed by atoms with Crippen molar-refractivity contribution in [2.75, 3.05) is 11.9 Å². The molecule has 1 fully saturated rings. The van der Waals surface area contributed by atoms with Gasteiger partial charge in [-0.1, -0.05) is 31.7 Å². The van der Waals surface area contributed by atoms with Gasteiger partial charge in [0.05, 0.1) is 0 Å². The molecule has 3 heterocycles. The van der Waals surface area contributed by atoms with Gasteiger partial charge in [-0.2, -0.15) is 0 Å². The van der Waals surface area contributed by atoms with Gasteiger partial charge in [0, 0.05) is 24.3 Å². The number of hydrogen-bond acceptors (Lipinski definition) is 4. The molecule has 2 aliphatic heterocycles. The number of nitrogens with one attached hydrogen (secondary N) is 2. The Morgan fingerprint density at radius 3 is 2.61 bits per heavy atom. The molecule has 2 amide bonds. The lowest BCUT2D eigenvalue weighted by Crippen LogP contribution is -2.50. The van der Waals surface area contributed by atoms with E-state index < -0.39 is 12.0 Å². The molecule has 2 aliphatic rings. The number of fused-ring (bicyclic) bond motifs is 1. The van der Waals surface area contributed by atoms with E-state index in [2.05, 4.69) is 22.8 Å². The van der Waals surface area contributed by atoms with E-state index >= 15 is 0 Å². The molecular weight excluding hydrogens is 392 g/mol. The fourth-order valence-corrected chi connectivity index (χ4v) is 4.77. The summed E-state index contributed by atoms with van der Waals surface area (Å²) in [6.07, 6.45) is 10.8. The third kappa shape index (κ3) is 6.58. The first-order valence-electron chi connectivity index (χ1n) is 12.0. The van der Waals surface area contributed by atoms with Gasteiger partial charge in [-0.3, -0.25) is 0 Å². The Bertz CT molecular complexity index is 744. The monoisotopic (exact) mass is 430 g/mol. The number of likely N-dealkylation sites (tertiary alicyclic amines) is 1. The molecule has 172 valence electrons. The SMILES string of the molecule is C[C@@H]1CC[C@@H](C)N1C(=O)NC(CCCCCCCc1ccc2c(n1)NCCC2)C(=O)O. The Morgan fingerprint density at radius 2 is 1.87 bits per heavy atom. The zero-order valence-corrected chi connectivity index (χ0v) is 19.0. The van der Waals surface area contributed by atoms with Crippen molar-refractivity contribution in [1.29, 1.82) is 0 Å². The Labute approximate surface area is 186 Å². The van der Waals surface area contributed by atoms with E-state index in [1.165, 1.54) is 12.0 Å². The molecule has 3 N–H and O–H groups in total. The minimum atomic E-state index is -0.944. The third-order valence-electron chi connectivity index (χ3n) is 6.66. The Morgan fingerprint density at radius 1 is 1.16 bits per heavy atom. The van der Waals surface area contributed by atoms with Crippen molar-refractivity contribution in [3.05, 3.63) is 23.4 Å². The lowest BCUT2D eigenvalue weighted by Gasteiger charge is -2.28. The third-order valence-corrected chi connectivity index (χ3v) is 6.66. The zero-order valence-electron chi connectivity index (χ0n) is 19.0. The Balaban J connectivity index is 1.31. The van der Waals surface area contributed by atoms with Crippen LogP contribution in [0.4, 0.5) is 10.6 Å². The van der Waals surface area contributed by atoms with Gasteiger partial charge in [-0.05, 0) is 70.4 Å². The van der Waals surface area contributed by atoms with Crippen molar-refractivity contribution in [2.24, 2.45) is 0 Å². The predicted octanol–water partition coefficient (Wildman–Crippen LogP) is 4.36. The number of urea groups is 1. The van der Waals surface area contributed by atoms with Gasteiger partial charge in [0.1, 0.15) is 11.9 Å². The maximum Gasteiger partial charge on any atom is 0.326 e. The lowest BCUT2D eigenvalue weighted by atomic mass is 10.0. The molecule has 0 aliphatic carbocycles. The molecule has 0 saturated carbocycles. The number of nitrogens with zero attached hydrogens (tertiary/aromatic N) is 2. The van der Waals surface area contributed by atoms with Crippen molar-refractivity contribution < 1.29 is 14.7 Å². The van der Waals surface area contributed by atoms with E-state index in [1.807, 2.05) is 13.8 Å². The van der Waals surface area contributed by atoms with Gasteiger partial charge in [-0.25, -0.2) is 14.6 Å². The summed E-state index contributed by atoms with van der Waals surface area (Å²) in [5.74, 6) is 0.114. The fourth-order valence-electron chi connectivity index (χ4n) is 4.77. The van der Waals surface area contributed by atoms with Crippen LogP contribution in [-0.2, 0) is 17.6 Å². The number of rotatable bonds is 10. The summed E-state index contributed by atoms with van der Waals surface area (Å²) in [6.45, 7) is 5.06. The Hall–Kier alpha value is -2.31. The molecule has 7 nitrogen and oxygen atoms in total. The van der Waals surface area contributed by atoms with Crippen LogP contribution in [0.5, 0.6) is 0 Å². The molecule has 1 saturated heterocycles. The second-order valence-corrected chi connectivity index (χ2v) is 9.17. The van der Waals surface area contributed by atoms with Crippen molar-refractivity contribution in [1.82, 2.24) is 15.2 Å². The van der Waals surface area contributed by atoms with Gasteiger partial charge in [0.25, 0.3) is 0 Å². The number of aromatic nitrogens is 1. The average Bonchev–Trinajstić information content (AvgIpc) is 3.09. The van der Waals surface area contributed by atoms with Crippen molar-refractivity contribution in [3.63, 3.8) is 0 Å². The first-order valence-corrected chi connectivity index (χ1v) is 12.0. The predicted molar refractivity (Wildman–Crippen MR) is 122 cm³/mol. The number of anilines is 1. The highest BCUT2D eigenvalue weighted by Crippen LogP contribution is 2.24. The number of carbonyl (C=O) groups excluding carboxylic acids is 1. The van der Waals surface area contributed by atoms with Crippen molar-refractivity contribution >= 4 is 17.8 Å². The quantitative estimate of drug-likeness (QED) is 0.480. The second-order valence-electron chi connectivity index (χ2n) is 9.17. The summed E-state index contributed by atoms with van der Waals surface area (Å²) in [7, 11) is 0. The molecule has 3 rings (SSSR count). The lowest BCUT2D eigenvalue weighted by molar-refractivity contribution is -0.139. The molecule has 0 aromatic carbocycles. The maximum atomic E-state index is 12.5. The smallest absolute Gasteiger partial charge is 0.326 e. The molecule has 1 aromatic rings. The summed E-state index contributed by atoms with van der Waals surface area (Å²) < 4.78 is 0. The Kier molecular flexibility index (Phi) is 8.55. The highest BCUT2D eigenvalue weighted by Gasteiger charge is 2.33. The number of aryl methyl sites for hydroxylation is 2. The van der Waals surface area contributed by atoms with Crippen LogP contribution in [0.2, 0.25) is 0 Å². The number of pyridine rings is 1. The van der Waals surface area contributed by atoms with Crippen LogP contribution < -0.4 is 10.6 Å². The van der Waals surface area contributed by atoms with E-state index in [0.717, 1.165) is 75.8 Å². The number of aliphatic carboxylic acids is 1. The summed E-state index contributed by atoms with van der Waals surface area (Å²) >= 11 is 0. The normalized spacial score (nSPS) is 21.3. The second kappa shape index (κ2) is 11.3. The standard InChI is InChI=1S/C24H38N4O3/c1-17-12-13-18(2)28(17)24(31)27-21(23(29)30)11-7-5-3-4-6-10-20-15-14-19-9-8-16-25-22(19)26-20/h14-15,17-18,21H,3-13,16H2,1-2H3,(H,25,26)(H,27,31)(H,29,30)/t17-,18-,21?/m1/s1. The summed E-state index contributed by atoms with van der Waals surface area (Å²) in [5, 5.41) is 15.6. The van der Waals surface area contributed by atoms with Gasteiger partial charge >= 0.3 is 12.0 Å². The number of hydrogen-bond donors (Lipinski definition) is 3. The number of carboxylic acid groups (broad SMARTS) is 1. The van der Waals surface area contributed by atoms with Crippen LogP contribution in [0.15, 0.2) is 12.1 Å². The average molecular weight is 431 g/mol. The maximum absolute atomic E-state index is 12.5. The van der Waals surface area contributed by atoms with Gasteiger partial charge in [0.15, 0.2) is 0 Å². The van der Waals surface area contributed by atoms with Crippen LogP contribution in [0.25, 0.3) is 0 Å². The molecule has 7 heteroatoms. The van der Waals surface area contributed by atoms with E-state index in [0.29, 0.717) is 6.42 Å². The van der Waals surface area contributed by atoms with E-state index in [-0.39, 0.29) is 18.1 Å². The number of carbonyl (C=O) groups is 2. The van der Waals surface area contributed by atoms with E-state index in [4.69, 9.17) is 4.98 Å². The van der Waals surface area contributed by atoms with Gasteiger partial charge in [0.2, 0.25) is 0 Å². The zero-order chi connectivity index (χ0) is 22.2. The minimum absolute atomic E-state index is 0.171.